The van der Waals surface area contributed by atoms with Gasteiger partial charge >= 0.3 is 0 Å². The van der Waals surface area contributed by atoms with Gasteiger partial charge in [0.15, 0.2) is 0 Å². The molecule has 0 spiro atoms. The molecule has 0 aliphatic heterocycles. The highest BCUT2D eigenvalue weighted by Crippen LogP contribution is 2.14. The number of rotatable bonds is 12. The van der Waals surface area contributed by atoms with Crippen LogP contribution in [0.25, 0.3) is 11.4 Å². The van der Waals surface area contributed by atoms with E-state index in [1.165, 1.54) is 13.8 Å². The Kier molecular flexibility index (Phi) is 19.7. The Morgan fingerprint density at radius 1 is 1.17 bits per heavy atom. The normalized spacial score (nSPS) is 10.8. The molecule has 0 radical (unpaired) electrons. The number of hydrogen-bond donors (Lipinski definition) is 3. The summed E-state index contributed by atoms with van der Waals surface area (Å²) in [5, 5.41) is 9.54. The second-order valence-electron chi connectivity index (χ2n) is 6.51. The molecule has 1 atom stereocenters. The van der Waals surface area contributed by atoms with Crippen molar-refractivity contribution in [1.82, 2.24) is 16.0 Å². The third-order valence-electron chi connectivity index (χ3n) is 3.70. The lowest BCUT2D eigenvalue weighted by atomic mass is 10.1. The average molecular weight is 421 g/mol. The van der Waals surface area contributed by atoms with Crippen LogP contribution in [-0.2, 0) is 9.53 Å². The fraction of sp³-hybridized carbons (Fsp3) is 0.500. The highest BCUT2D eigenvalue weighted by Gasteiger charge is 2.00. The van der Waals surface area contributed by atoms with E-state index in [0.29, 0.717) is 6.04 Å². The second-order valence-corrected chi connectivity index (χ2v) is 6.51. The first-order valence-corrected chi connectivity index (χ1v) is 10.4. The Balaban J connectivity index is -0.00000100. The Morgan fingerprint density at radius 2 is 1.67 bits per heavy atom. The first-order chi connectivity index (χ1) is 14.3. The van der Waals surface area contributed by atoms with E-state index in [-0.39, 0.29) is 7.21 Å². The molecule has 30 heavy (non-hydrogen) atoms. The lowest BCUT2D eigenvalue weighted by Gasteiger charge is -2.11. The maximum Gasteiger partial charge on any atom is 0.126 e. The summed E-state index contributed by atoms with van der Waals surface area (Å²) in [5.41, 5.74) is 3.82. The van der Waals surface area contributed by atoms with Crippen LogP contribution in [0.4, 0.5) is 0 Å². The van der Waals surface area contributed by atoms with Crippen LogP contribution in [-0.4, -0.2) is 52.0 Å². The van der Waals surface area contributed by atoms with Gasteiger partial charge in [-0.15, -0.1) is 0 Å². The van der Waals surface area contributed by atoms with Crippen LogP contribution in [0.1, 0.15) is 53.6 Å². The number of nitrogens with one attached hydrogen (secondary N) is 3. The summed E-state index contributed by atoms with van der Waals surface area (Å²) in [6.07, 6.45) is 2.69. The van der Waals surface area contributed by atoms with E-state index in [2.05, 4.69) is 41.0 Å². The van der Waals surface area contributed by atoms with Gasteiger partial charge in [-0.05, 0) is 38.3 Å². The predicted octanol–water partition coefficient (Wildman–Crippen LogP) is 4.35. The van der Waals surface area contributed by atoms with Crippen LogP contribution in [0.15, 0.2) is 42.4 Å². The van der Waals surface area contributed by atoms with Crippen molar-refractivity contribution in [2.45, 2.75) is 47.1 Å². The summed E-state index contributed by atoms with van der Waals surface area (Å²) in [4.78, 5) is 13.8. The molecular formula is C24H44N4O2. The van der Waals surface area contributed by atoms with Crippen LogP contribution in [0.2, 0.25) is 0 Å². The molecule has 0 aliphatic carbocycles. The van der Waals surface area contributed by atoms with Crippen molar-refractivity contribution < 1.29 is 11.0 Å². The zero-order valence-electron chi connectivity index (χ0n) is 20.0. The Labute approximate surface area is 185 Å². The van der Waals surface area contributed by atoms with E-state index in [4.69, 9.17) is 4.74 Å². The molecule has 0 amide bonds. The van der Waals surface area contributed by atoms with Crippen molar-refractivity contribution >= 4 is 23.5 Å². The summed E-state index contributed by atoms with van der Waals surface area (Å²) < 4.78 is 5.01. The molecule has 0 heterocycles. The van der Waals surface area contributed by atoms with Crippen LogP contribution in [0.3, 0.4) is 0 Å². The lowest BCUT2D eigenvalue weighted by molar-refractivity contribution is -0.114. The fourth-order valence-electron chi connectivity index (χ4n) is 2.07. The summed E-state index contributed by atoms with van der Waals surface area (Å²) in [5.74, 6) is 0.167. The zero-order valence-corrected chi connectivity index (χ0v) is 20.0. The van der Waals surface area contributed by atoms with Gasteiger partial charge in [0, 0.05) is 46.1 Å². The van der Waals surface area contributed by atoms with E-state index in [1.54, 1.807) is 13.4 Å². The number of nitrogens with zero attached hydrogens (tertiary/aromatic N) is 1. The van der Waals surface area contributed by atoms with E-state index in [9.17, 15) is 4.79 Å². The minimum absolute atomic E-state index is 0. The average Bonchev–Trinajstić information content (AvgIpc) is 2.74. The number of ether oxygens (including phenoxy) is 1. The minimum atomic E-state index is 0. The highest BCUT2D eigenvalue weighted by molar-refractivity contribution is 5.75. The maximum atomic E-state index is 9.44. The van der Waals surface area contributed by atoms with E-state index in [1.807, 2.05) is 45.2 Å². The maximum absolute atomic E-state index is 9.44. The molecule has 0 aliphatic rings. The Hall–Kier alpha value is -2.44. The number of aliphatic imine (C=N–C) groups is 1. The number of hydrogen-bond acceptors (Lipinski definition) is 5. The molecule has 3 N–H and O–H groups in total. The molecule has 0 saturated carbocycles. The van der Waals surface area contributed by atoms with Crippen molar-refractivity contribution in [2.75, 3.05) is 33.9 Å². The van der Waals surface area contributed by atoms with Gasteiger partial charge in [-0.1, -0.05) is 51.3 Å². The SMILES string of the molecule is C=C(NC)c1ccc(C(=C)NC=NCCC(C)NCCOC)cc1.CC.CC(C)=O.[HH]. The van der Waals surface area contributed by atoms with Gasteiger partial charge in [0.05, 0.1) is 12.9 Å². The largest absolute Gasteiger partial charge is 0.388 e. The highest BCUT2D eigenvalue weighted by atomic mass is 16.5. The third kappa shape index (κ3) is 16.5. The molecule has 1 aromatic carbocycles. The van der Waals surface area contributed by atoms with E-state index < -0.39 is 0 Å². The fourth-order valence-corrected chi connectivity index (χ4v) is 2.07. The molecule has 1 rings (SSSR count). The number of methoxy groups -OCH3 is 1. The molecule has 0 fully saturated rings. The Morgan fingerprint density at radius 3 is 2.13 bits per heavy atom. The van der Waals surface area contributed by atoms with Crippen molar-refractivity contribution in [3.05, 3.63) is 48.6 Å². The molecule has 6 nitrogen and oxygen atoms in total. The van der Waals surface area contributed by atoms with Gasteiger partial charge in [-0.2, -0.15) is 0 Å². The van der Waals surface area contributed by atoms with Gasteiger partial charge in [0.2, 0.25) is 0 Å². The number of benzene rings is 1. The number of carbonyl (C=O) groups is 1. The number of ketones is 1. The summed E-state index contributed by atoms with van der Waals surface area (Å²) in [6.45, 7) is 19.6. The Bertz CT molecular complexity index is 627. The molecule has 0 saturated heterocycles. The molecule has 0 aromatic heterocycles. The summed E-state index contributed by atoms with van der Waals surface area (Å²) in [6, 6.07) is 8.50. The molecule has 0 bridgehead atoms. The molecule has 1 unspecified atom stereocenters. The van der Waals surface area contributed by atoms with Crippen molar-refractivity contribution in [1.29, 1.82) is 0 Å². The van der Waals surface area contributed by atoms with Crippen LogP contribution >= 0.6 is 0 Å². The summed E-state index contributed by atoms with van der Waals surface area (Å²) >= 11 is 0. The van der Waals surface area contributed by atoms with Gasteiger partial charge < -0.3 is 25.5 Å². The quantitative estimate of drug-likeness (QED) is 0.266. The lowest BCUT2D eigenvalue weighted by Crippen LogP contribution is -2.29. The number of Topliss-reactive ketones (excluding diaryl/α,β-unsaturated/α-hetero) is 1. The third-order valence-corrected chi connectivity index (χ3v) is 3.70. The van der Waals surface area contributed by atoms with Crippen LogP contribution in [0.5, 0.6) is 0 Å². The summed E-state index contributed by atoms with van der Waals surface area (Å²) in [7, 11) is 3.57. The van der Waals surface area contributed by atoms with E-state index >= 15 is 0 Å². The van der Waals surface area contributed by atoms with E-state index in [0.717, 1.165) is 48.6 Å². The first-order valence-electron chi connectivity index (χ1n) is 10.4. The van der Waals surface area contributed by atoms with Crippen molar-refractivity contribution in [3.8, 4) is 0 Å². The minimum Gasteiger partial charge on any atom is -0.388 e. The smallest absolute Gasteiger partial charge is 0.126 e. The van der Waals surface area contributed by atoms with Crippen LogP contribution < -0.4 is 16.0 Å². The van der Waals surface area contributed by atoms with Gasteiger partial charge in [-0.3, -0.25) is 4.99 Å². The van der Waals surface area contributed by atoms with Crippen molar-refractivity contribution in [2.24, 2.45) is 4.99 Å². The van der Waals surface area contributed by atoms with Gasteiger partial charge in [0.25, 0.3) is 0 Å². The molecule has 6 heteroatoms. The van der Waals surface area contributed by atoms with Crippen LogP contribution in [0, 0.1) is 0 Å². The van der Waals surface area contributed by atoms with Crippen molar-refractivity contribution in [3.63, 3.8) is 0 Å². The zero-order chi connectivity index (χ0) is 23.4. The number of carbonyl (C=O) groups excluding carboxylic acids is 1. The molecule has 172 valence electrons. The second kappa shape index (κ2) is 19.9. The van der Waals surface area contributed by atoms with Gasteiger partial charge in [-0.25, -0.2) is 0 Å². The topological polar surface area (TPSA) is 74.8 Å². The predicted molar refractivity (Wildman–Crippen MR) is 134 cm³/mol. The molecular weight excluding hydrogens is 376 g/mol. The monoisotopic (exact) mass is 420 g/mol. The van der Waals surface area contributed by atoms with Gasteiger partial charge in [0.1, 0.15) is 5.78 Å². The first kappa shape index (κ1) is 29.8. The molecule has 1 aromatic rings. The standard InChI is InChI=1S/C19H30N4O.C3H6O.C2H6.H2/c1-15(22-12-13-24-5)10-11-21-14-23-17(3)19-8-6-18(7-9-19)16(2)20-4;1-3(2)4;1-2;/h6-9,14-15,20,22H,2-3,10-13H2,1,4-5H3,(H,21,23);1-2H3;1-2H3;1H.